The van der Waals surface area contributed by atoms with Crippen molar-refractivity contribution >= 4 is 5.69 Å². The van der Waals surface area contributed by atoms with Gasteiger partial charge in [-0.3, -0.25) is 0 Å². The minimum absolute atomic E-state index is 0.142. The molecule has 1 aromatic carbocycles. The van der Waals surface area contributed by atoms with Crippen LogP contribution in [0.1, 0.15) is 29.5 Å². The number of benzene rings is 1. The van der Waals surface area contributed by atoms with Gasteiger partial charge >= 0.3 is 0 Å². The molecular weight excluding hydrogens is 238 g/mol. The Kier molecular flexibility index (Phi) is 3.77. The van der Waals surface area contributed by atoms with E-state index in [0.29, 0.717) is 6.61 Å². The minimum atomic E-state index is 0.142. The van der Waals surface area contributed by atoms with Crippen LogP contribution in [0.25, 0.3) is 0 Å². The van der Waals surface area contributed by atoms with Crippen LogP contribution >= 0.6 is 0 Å². The summed E-state index contributed by atoms with van der Waals surface area (Å²) >= 11 is 0. The standard InChI is InChI=1S/C16H25NO2/c1-11-8-14(12(2)13(3)15(11)19-5)17(4)9-16(10-18)6-7-16/h8,18H,6-7,9-10H2,1-5H3. The first-order valence-electron chi connectivity index (χ1n) is 6.91. The monoisotopic (exact) mass is 263 g/mol. The summed E-state index contributed by atoms with van der Waals surface area (Å²) < 4.78 is 5.47. The van der Waals surface area contributed by atoms with Gasteiger partial charge in [-0.2, -0.15) is 0 Å². The Bertz CT molecular complexity index is 478. The van der Waals surface area contributed by atoms with Crippen molar-refractivity contribution in [3.8, 4) is 5.75 Å². The average molecular weight is 263 g/mol. The highest BCUT2D eigenvalue weighted by molar-refractivity contribution is 5.62. The number of aliphatic hydroxyl groups excluding tert-OH is 1. The number of hydrogen-bond acceptors (Lipinski definition) is 3. The van der Waals surface area contributed by atoms with Gasteiger partial charge in [0.1, 0.15) is 5.75 Å². The molecule has 3 nitrogen and oxygen atoms in total. The molecule has 3 heteroatoms. The number of anilines is 1. The van der Waals surface area contributed by atoms with E-state index in [1.807, 2.05) is 0 Å². The number of aryl methyl sites for hydroxylation is 1. The number of rotatable bonds is 5. The zero-order valence-electron chi connectivity index (χ0n) is 12.7. The lowest BCUT2D eigenvalue weighted by Crippen LogP contribution is -2.29. The first kappa shape index (κ1) is 14.2. The SMILES string of the molecule is COc1c(C)cc(N(C)CC2(CO)CC2)c(C)c1C. The molecule has 0 bridgehead atoms. The Hall–Kier alpha value is -1.22. The molecule has 0 saturated heterocycles. The molecule has 0 radical (unpaired) electrons. The molecule has 19 heavy (non-hydrogen) atoms. The normalized spacial score (nSPS) is 16.3. The molecule has 0 heterocycles. The molecule has 0 atom stereocenters. The van der Waals surface area contributed by atoms with Crippen molar-refractivity contribution < 1.29 is 9.84 Å². The highest BCUT2D eigenvalue weighted by atomic mass is 16.5. The van der Waals surface area contributed by atoms with Crippen LogP contribution in [-0.2, 0) is 0 Å². The van der Waals surface area contributed by atoms with Crippen molar-refractivity contribution in [1.29, 1.82) is 0 Å². The Labute approximate surface area is 116 Å². The minimum Gasteiger partial charge on any atom is -0.496 e. The van der Waals surface area contributed by atoms with Crippen LogP contribution in [0, 0.1) is 26.2 Å². The summed E-state index contributed by atoms with van der Waals surface area (Å²) in [7, 11) is 3.84. The van der Waals surface area contributed by atoms with Crippen molar-refractivity contribution in [2.75, 3.05) is 32.2 Å². The summed E-state index contributed by atoms with van der Waals surface area (Å²) in [6, 6.07) is 2.19. The maximum atomic E-state index is 9.47. The van der Waals surface area contributed by atoms with E-state index >= 15 is 0 Å². The van der Waals surface area contributed by atoms with Gasteiger partial charge in [-0.05, 0) is 56.4 Å². The van der Waals surface area contributed by atoms with Crippen LogP contribution in [0.3, 0.4) is 0 Å². The molecule has 1 fully saturated rings. The number of hydrogen-bond donors (Lipinski definition) is 1. The number of methoxy groups -OCH3 is 1. The van der Waals surface area contributed by atoms with Gasteiger partial charge in [0.25, 0.3) is 0 Å². The quantitative estimate of drug-likeness (QED) is 0.886. The zero-order chi connectivity index (χ0) is 14.2. The lowest BCUT2D eigenvalue weighted by atomic mass is 10.0. The fraction of sp³-hybridized carbons (Fsp3) is 0.625. The second kappa shape index (κ2) is 5.04. The van der Waals surface area contributed by atoms with Crippen LogP contribution in [0.15, 0.2) is 6.07 Å². The second-order valence-electron chi connectivity index (χ2n) is 6.01. The molecule has 1 aliphatic carbocycles. The molecule has 2 rings (SSSR count). The molecular formula is C16H25NO2. The Morgan fingerprint density at radius 2 is 1.89 bits per heavy atom. The molecule has 0 aliphatic heterocycles. The third-order valence-electron chi connectivity index (χ3n) is 4.48. The molecule has 1 N–H and O–H groups in total. The summed E-state index contributed by atoms with van der Waals surface area (Å²) in [5, 5.41) is 9.47. The molecule has 1 aliphatic rings. The maximum absolute atomic E-state index is 9.47. The van der Waals surface area contributed by atoms with Crippen molar-refractivity contribution in [2.24, 2.45) is 5.41 Å². The summed E-state index contributed by atoms with van der Waals surface area (Å²) in [4.78, 5) is 2.28. The molecule has 0 unspecified atom stereocenters. The van der Waals surface area contributed by atoms with Crippen LogP contribution in [0.5, 0.6) is 5.75 Å². The number of aliphatic hydroxyl groups is 1. The van der Waals surface area contributed by atoms with Crippen molar-refractivity contribution in [3.05, 3.63) is 22.8 Å². The van der Waals surface area contributed by atoms with Crippen molar-refractivity contribution in [2.45, 2.75) is 33.6 Å². The average Bonchev–Trinajstić information content (AvgIpc) is 3.14. The van der Waals surface area contributed by atoms with E-state index in [9.17, 15) is 5.11 Å². The predicted octanol–water partition coefficient (Wildman–Crippen LogP) is 2.83. The smallest absolute Gasteiger partial charge is 0.125 e. The van der Waals surface area contributed by atoms with Crippen molar-refractivity contribution in [3.63, 3.8) is 0 Å². The van der Waals surface area contributed by atoms with E-state index < -0.39 is 0 Å². The Balaban J connectivity index is 2.29. The third kappa shape index (κ3) is 2.57. The van der Waals surface area contributed by atoms with E-state index in [2.05, 4.69) is 38.8 Å². The van der Waals surface area contributed by atoms with Crippen molar-refractivity contribution in [1.82, 2.24) is 0 Å². The first-order valence-corrected chi connectivity index (χ1v) is 6.91. The second-order valence-corrected chi connectivity index (χ2v) is 6.01. The van der Waals surface area contributed by atoms with Crippen LogP contribution in [-0.4, -0.2) is 32.4 Å². The van der Waals surface area contributed by atoms with Crippen LogP contribution < -0.4 is 9.64 Å². The van der Waals surface area contributed by atoms with Crippen LogP contribution in [0.4, 0.5) is 5.69 Å². The Morgan fingerprint density at radius 1 is 1.26 bits per heavy atom. The maximum Gasteiger partial charge on any atom is 0.125 e. The lowest BCUT2D eigenvalue weighted by molar-refractivity contribution is 0.215. The Morgan fingerprint density at radius 3 is 2.37 bits per heavy atom. The summed E-state index contributed by atoms with van der Waals surface area (Å²) in [6.45, 7) is 7.56. The van der Waals surface area contributed by atoms with Gasteiger partial charge in [0.15, 0.2) is 0 Å². The third-order valence-corrected chi connectivity index (χ3v) is 4.48. The van der Waals surface area contributed by atoms with Gasteiger partial charge in [0, 0.05) is 24.7 Å². The van der Waals surface area contributed by atoms with Gasteiger partial charge in [-0.1, -0.05) is 0 Å². The fourth-order valence-electron chi connectivity index (χ4n) is 2.88. The highest BCUT2D eigenvalue weighted by Crippen LogP contribution is 2.46. The summed E-state index contributed by atoms with van der Waals surface area (Å²) in [5.74, 6) is 0.984. The van der Waals surface area contributed by atoms with Gasteiger partial charge in [0.2, 0.25) is 0 Å². The topological polar surface area (TPSA) is 32.7 Å². The molecule has 0 aromatic heterocycles. The summed E-state index contributed by atoms with van der Waals surface area (Å²) in [6.07, 6.45) is 2.28. The lowest BCUT2D eigenvalue weighted by Gasteiger charge is -2.28. The first-order chi connectivity index (χ1) is 8.94. The zero-order valence-corrected chi connectivity index (χ0v) is 12.7. The summed E-state index contributed by atoms with van der Waals surface area (Å²) in [5.41, 5.74) is 5.02. The number of ether oxygens (including phenoxy) is 1. The van der Waals surface area contributed by atoms with Gasteiger partial charge in [-0.15, -0.1) is 0 Å². The fourth-order valence-corrected chi connectivity index (χ4v) is 2.88. The predicted molar refractivity (Wildman–Crippen MR) is 79.2 cm³/mol. The van der Waals surface area contributed by atoms with Crippen LogP contribution in [0.2, 0.25) is 0 Å². The highest BCUT2D eigenvalue weighted by Gasteiger charge is 2.43. The largest absolute Gasteiger partial charge is 0.496 e. The molecule has 106 valence electrons. The van der Waals surface area contributed by atoms with E-state index in [1.165, 1.54) is 22.4 Å². The van der Waals surface area contributed by atoms with Gasteiger partial charge in [0.05, 0.1) is 13.7 Å². The van der Waals surface area contributed by atoms with Gasteiger partial charge < -0.3 is 14.7 Å². The van der Waals surface area contributed by atoms with E-state index in [-0.39, 0.29) is 5.41 Å². The molecule has 0 spiro atoms. The molecule has 0 amide bonds. The van der Waals surface area contributed by atoms with Gasteiger partial charge in [-0.25, -0.2) is 0 Å². The van der Waals surface area contributed by atoms with E-state index in [1.54, 1.807) is 7.11 Å². The van der Waals surface area contributed by atoms with E-state index in [0.717, 1.165) is 25.1 Å². The van der Waals surface area contributed by atoms with E-state index in [4.69, 9.17) is 4.74 Å². The molecule has 1 aromatic rings. The number of nitrogens with zero attached hydrogens (tertiary/aromatic N) is 1. The molecule has 1 saturated carbocycles.